The Morgan fingerprint density at radius 3 is 2.59 bits per heavy atom. The average molecular weight is 377 g/mol. The Morgan fingerprint density at radius 1 is 1.18 bits per heavy atom. The molecule has 5 heteroatoms. The van der Waals surface area contributed by atoms with E-state index in [0.717, 1.165) is 13.8 Å². The monoisotopic (exact) mass is 375 g/mol. The van der Waals surface area contributed by atoms with Crippen LogP contribution in [-0.2, 0) is 18.0 Å². The Bertz CT molecular complexity index is 453. The summed E-state index contributed by atoms with van der Waals surface area (Å²) in [5.74, 6) is 0. The molecule has 0 spiro atoms. The summed E-state index contributed by atoms with van der Waals surface area (Å²) in [7, 11) is 0. The number of nitrogens with one attached hydrogen (secondary N) is 1. The highest BCUT2D eigenvalue weighted by Gasteiger charge is 2.03. The van der Waals surface area contributed by atoms with Crippen LogP contribution >= 0.6 is 43.2 Å². The fraction of sp³-hybridized carbons (Fsp3) is 0.167. The van der Waals surface area contributed by atoms with E-state index in [2.05, 4.69) is 43.4 Å². The molecule has 0 unspecified atom stereocenters. The fourth-order valence-corrected chi connectivity index (χ4v) is 3.41. The number of hydrogen-bond acceptors (Lipinski definition) is 3. The fourth-order valence-electron chi connectivity index (χ4n) is 1.31. The molecule has 1 aromatic heterocycles. The Labute approximate surface area is 121 Å². The first-order chi connectivity index (χ1) is 8.25. The molecule has 1 N–H and O–H groups in total. The predicted octanol–water partition coefficient (Wildman–Crippen LogP) is 4.49. The van der Waals surface area contributed by atoms with Crippen LogP contribution in [0.25, 0.3) is 0 Å². The highest BCUT2D eigenvalue weighted by Crippen LogP contribution is 2.32. The van der Waals surface area contributed by atoms with E-state index >= 15 is 0 Å². The average Bonchev–Trinajstić information content (AvgIpc) is 2.66. The van der Waals surface area contributed by atoms with Gasteiger partial charge in [-0.3, -0.25) is 4.84 Å². The second-order valence-electron chi connectivity index (χ2n) is 3.43. The van der Waals surface area contributed by atoms with E-state index in [1.807, 2.05) is 30.3 Å². The maximum atomic E-state index is 5.40. The molecule has 1 aromatic carbocycles. The Balaban J connectivity index is 1.73. The Morgan fingerprint density at radius 2 is 1.94 bits per heavy atom. The topological polar surface area (TPSA) is 21.3 Å². The number of hydrogen-bond donors (Lipinski definition) is 1. The lowest BCUT2D eigenvalue weighted by molar-refractivity contribution is 0.0240. The molecule has 2 nitrogen and oxygen atoms in total. The van der Waals surface area contributed by atoms with Gasteiger partial charge in [-0.25, -0.2) is 0 Å². The van der Waals surface area contributed by atoms with Gasteiger partial charge in [0.15, 0.2) is 0 Å². The molecule has 90 valence electrons. The van der Waals surface area contributed by atoms with Crippen LogP contribution in [0.3, 0.4) is 0 Å². The minimum Gasteiger partial charge on any atom is -0.297 e. The summed E-state index contributed by atoms with van der Waals surface area (Å²) in [6, 6.07) is 12.2. The second kappa shape index (κ2) is 6.66. The zero-order valence-electron chi connectivity index (χ0n) is 8.95. The van der Waals surface area contributed by atoms with Crippen molar-refractivity contribution in [2.75, 3.05) is 0 Å². The van der Waals surface area contributed by atoms with Gasteiger partial charge in [-0.2, -0.15) is 5.48 Å². The van der Waals surface area contributed by atoms with Crippen molar-refractivity contribution in [2.24, 2.45) is 0 Å². The lowest BCUT2D eigenvalue weighted by Gasteiger charge is -2.04. The molecule has 0 aliphatic heterocycles. The molecule has 17 heavy (non-hydrogen) atoms. The molecule has 0 fully saturated rings. The van der Waals surface area contributed by atoms with Crippen molar-refractivity contribution in [2.45, 2.75) is 13.2 Å². The van der Waals surface area contributed by atoms with Crippen molar-refractivity contribution < 1.29 is 4.84 Å². The lowest BCUT2D eigenvalue weighted by Crippen LogP contribution is -2.12. The SMILES string of the molecule is Brc1cc(CNOCc2ccccc2)sc1Br. The Kier molecular flexibility index (Phi) is 5.18. The number of halogens is 2. The van der Waals surface area contributed by atoms with Crippen molar-refractivity contribution in [3.8, 4) is 0 Å². The van der Waals surface area contributed by atoms with Gasteiger partial charge < -0.3 is 0 Å². The van der Waals surface area contributed by atoms with Gasteiger partial charge in [0.05, 0.1) is 16.9 Å². The highest BCUT2D eigenvalue weighted by molar-refractivity contribution is 9.13. The smallest absolute Gasteiger partial charge is 0.0933 e. The number of hydroxylamine groups is 1. The number of thiophene rings is 1. The molecule has 2 aromatic rings. The van der Waals surface area contributed by atoms with Crippen molar-refractivity contribution in [3.63, 3.8) is 0 Å². The first-order valence-electron chi connectivity index (χ1n) is 5.08. The molecular formula is C12H11Br2NOS. The Hall–Kier alpha value is -0.200. The van der Waals surface area contributed by atoms with Gasteiger partial charge in [0, 0.05) is 9.35 Å². The summed E-state index contributed by atoms with van der Waals surface area (Å²) in [5, 5.41) is 0. The van der Waals surface area contributed by atoms with Gasteiger partial charge >= 0.3 is 0 Å². The second-order valence-corrected chi connectivity index (χ2v) is 6.74. The molecule has 0 amide bonds. The van der Waals surface area contributed by atoms with E-state index in [1.54, 1.807) is 11.3 Å². The van der Waals surface area contributed by atoms with Gasteiger partial charge in [-0.15, -0.1) is 11.3 Å². The minimum atomic E-state index is 0.578. The normalized spacial score (nSPS) is 10.7. The molecular weight excluding hydrogens is 366 g/mol. The molecule has 0 saturated heterocycles. The number of benzene rings is 1. The first-order valence-corrected chi connectivity index (χ1v) is 7.48. The molecule has 0 saturated carbocycles. The van der Waals surface area contributed by atoms with Crippen LogP contribution < -0.4 is 5.48 Å². The maximum absolute atomic E-state index is 5.40. The van der Waals surface area contributed by atoms with Gasteiger partial charge in [0.1, 0.15) is 0 Å². The third-order valence-corrected chi connectivity index (χ3v) is 5.38. The lowest BCUT2D eigenvalue weighted by atomic mass is 10.2. The standard InChI is InChI=1S/C12H11Br2NOS/c13-11-6-10(17-12(11)14)7-15-16-8-9-4-2-1-3-5-9/h1-6,15H,7-8H2. The summed E-state index contributed by atoms with van der Waals surface area (Å²) in [5.41, 5.74) is 4.12. The van der Waals surface area contributed by atoms with Gasteiger partial charge in [0.2, 0.25) is 0 Å². The van der Waals surface area contributed by atoms with Crippen molar-refractivity contribution in [3.05, 3.63) is 55.1 Å². The van der Waals surface area contributed by atoms with E-state index in [4.69, 9.17) is 4.84 Å². The largest absolute Gasteiger partial charge is 0.297 e. The van der Waals surface area contributed by atoms with Crippen molar-refractivity contribution in [1.29, 1.82) is 0 Å². The van der Waals surface area contributed by atoms with Gasteiger partial charge in [0.25, 0.3) is 0 Å². The van der Waals surface area contributed by atoms with Crippen LogP contribution in [0.1, 0.15) is 10.4 Å². The van der Waals surface area contributed by atoms with Crippen LogP contribution in [0.5, 0.6) is 0 Å². The molecule has 1 heterocycles. The summed E-state index contributed by atoms with van der Waals surface area (Å²) in [4.78, 5) is 6.62. The van der Waals surface area contributed by atoms with Crippen molar-refractivity contribution in [1.82, 2.24) is 5.48 Å². The van der Waals surface area contributed by atoms with Crippen LogP contribution in [0.2, 0.25) is 0 Å². The zero-order valence-corrected chi connectivity index (χ0v) is 12.9. The highest BCUT2D eigenvalue weighted by atomic mass is 79.9. The summed E-state index contributed by atoms with van der Waals surface area (Å²) in [6.07, 6.45) is 0. The van der Waals surface area contributed by atoms with Crippen LogP contribution in [0, 0.1) is 0 Å². The zero-order chi connectivity index (χ0) is 12.1. The molecule has 0 atom stereocenters. The number of rotatable bonds is 5. The van der Waals surface area contributed by atoms with Gasteiger partial charge in [-0.1, -0.05) is 30.3 Å². The van der Waals surface area contributed by atoms with Crippen LogP contribution in [0.15, 0.2) is 44.7 Å². The molecule has 0 radical (unpaired) electrons. The van der Waals surface area contributed by atoms with Crippen LogP contribution in [-0.4, -0.2) is 0 Å². The summed E-state index contributed by atoms with van der Waals surface area (Å²) >= 11 is 8.61. The van der Waals surface area contributed by atoms with Crippen LogP contribution in [0.4, 0.5) is 0 Å². The van der Waals surface area contributed by atoms with E-state index in [0.29, 0.717) is 13.2 Å². The van der Waals surface area contributed by atoms with E-state index < -0.39 is 0 Å². The molecule has 2 rings (SSSR count). The third kappa shape index (κ3) is 4.19. The van der Waals surface area contributed by atoms with E-state index in [9.17, 15) is 0 Å². The van der Waals surface area contributed by atoms with Crippen molar-refractivity contribution >= 4 is 43.2 Å². The summed E-state index contributed by atoms with van der Waals surface area (Å²) < 4.78 is 2.19. The first kappa shape index (κ1) is 13.2. The van der Waals surface area contributed by atoms with E-state index in [-0.39, 0.29) is 0 Å². The molecule has 0 aliphatic carbocycles. The third-order valence-electron chi connectivity index (χ3n) is 2.13. The summed E-state index contributed by atoms with van der Waals surface area (Å²) in [6.45, 7) is 1.29. The molecule has 0 aliphatic rings. The van der Waals surface area contributed by atoms with E-state index in [1.165, 1.54) is 4.88 Å². The quantitative estimate of drug-likeness (QED) is 0.612. The molecule has 0 bridgehead atoms. The maximum Gasteiger partial charge on any atom is 0.0933 e. The van der Waals surface area contributed by atoms with Gasteiger partial charge in [-0.05, 0) is 43.5 Å². The minimum absolute atomic E-state index is 0.578. The predicted molar refractivity (Wildman–Crippen MR) is 77.8 cm³/mol.